The molecule has 1 nitrogen and oxygen atoms in total. The lowest BCUT2D eigenvalue weighted by Gasteiger charge is -2.27. The number of hydrogen-bond donors (Lipinski definition) is 0. The van der Waals surface area contributed by atoms with Gasteiger partial charge in [0.25, 0.3) is 0 Å². The Morgan fingerprint density at radius 2 is 1.12 bits per heavy atom. The largest absolute Gasteiger partial charge is 0.310 e. The third-order valence-electron chi connectivity index (χ3n) is 4.31. The van der Waals surface area contributed by atoms with E-state index < -0.39 is 0 Å². The zero-order valence-electron chi connectivity index (χ0n) is 14.2. The van der Waals surface area contributed by atoms with E-state index in [2.05, 4.69) is 118 Å². The normalized spacial score (nSPS) is 10.5. The maximum atomic E-state index is 3.60. The quantitative estimate of drug-likeness (QED) is 0.341. The molecule has 0 saturated carbocycles. The van der Waals surface area contributed by atoms with Crippen LogP contribution in [0.1, 0.15) is 0 Å². The third kappa shape index (κ3) is 3.42. The zero-order chi connectivity index (χ0) is 17.8. The molecule has 4 aromatic rings. The Hall–Kier alpha value is -2.84. The predicted octanol–water partition coefficient (Wildman–Crippen LogP) is 7.59. The first-order valence-corrected chi connectivity index (χ1v) is 9.37. The molecular weight excluding hydrogens is 382 g/mol. The molecule has 4 aromatic carbocycles. The summed E-state index contributed by atoms with van der Waals surface area (Å²) in [5.41, 5.74) is 5.82. The SMILES string of the molecule is Brc1cccc(-c2ccccc2N(c2ccccc2)c2ccccc2)c1. The first-order chi connectivity index (χ1) is 12.8. The molecule has 0 bridgehead atoms. The molecule has 0 aliphatic rings. The van der Waals surface area contributed by atoms with E-state index in [4.69, 9.17) is 0 Å². The number of benzene rings is 4. The van der Waals surface area contributed by atoms with Crippen LogP contribution in [0.25, 0.3) is 11.1 Å². The minimum atomic E-state index is 1.08. The molecule has 0 N–H and O–H groups in total. The number of halogens is 1. The number of anilines is 3. The van der Waals surface area contributed by atoms with Crippen molar-refractivity contribution in [3.8, 4) is 11.1 Å². The summed E-state index contributed by atoms with van der Waals surface area (Å²) in [6.07, 6.45) is 0. The van der Waals surface area contributed by atoms with Crippen LogP contribution in [0.15, 0.2) is 114 Å². The van der Waals surface area contributed by atoms with Gasteiger partial charge in [-0.3, -0.25) is 0 Å². The van der Waals surface area contributed by atoms with Crippen LogP contribution < -0.4 is 4.90 Å². The molecule has 126 valence electrons. The van der Waals surface area contributed by atoms with E-state index in [1.165, 1.54) is 11.1 Å². The Morgan fingerprint density at radius 3 is 1.73 bits per heavy atom. The fourth-order valence-electron chi connectivity index (χ4n) is 3.15. The van der Waals surface area contributed by atoms with Crippen molar-refractivity contribution in [3.63, 3.8) is 0 Å². The van der Waals surface area contributed by atoms with Crippen molar-refractivity contribution in [3.05, 3.63) is 114 Å². The molecular formula is C24H18BrN. The molecule has 0 aromatic heterocycles. The Bertz CT molecular complexity index is 957. The molecule has 26 heavy (non-hydrogen) atoms. The number of para-hydroxylation sites is 3. The zero-order valence-corrected chi connectivity index (χ0v) is 15.8. The van der Waals surface area contributed by atoms with Gasteiger partial charge >= 0.3 is 0 Å². The Balaban J connectivity index is 1.93. The van der Waals surface area contributed by atoms with E-state index in [0.717, 1.165) is 21.5 Å². The van der Waals surface area contributed by atoms with Gasteiger partial charge in [-0.15, -0.1) is 0 Å². The lowest BCUT2D eigenvalue weighted by molar-refractivity contribution is 1.28. The van der Waals surface area contributed by atoms with Crippen molar-refractivity contribution < 1.29 is 0 Å². The second-order valence-corrected chi connectivity index (χ2v) is 6.95. The molecule has 0 aliphatic carbocycles. The highest BCUT2D eigenvalue weighted by atomic mass is 79.9. The Kier molecular flexibility index (Phi) is 4.85. The van der Waals surface area contributed by atoms with Gasteiger partial charge in [0.2, 0.25) is 0 Å². The van der Waals surface area contributed by atoms with Crippen molar-refractivity contribution in [2.45, 2.75) is 0 Å². The van der Waals surface area contributed by atoms with E-state index in [1.54, 1.807) is 0 Å². The molecule has 0 aliphatic heterocycles. The molecule has 0 fully saturated rings. The van der Waals surface area contributed by atoms with E-state index in [-0.39, 0.29) is 0 Å². The molecule has 0 atom stereocenters. The van der Waals surface area contributed by atoms with Crippen molar-refractivity contribution in [2.75, 3.05) is 4.90 Å². The first-order valence-electron chi connectivity index (χ1n) is 8.58. The summed E-state index contributed by atoms with van der Waals surface area (Å²) in [6, 6.07) is 38.0. The van der Waals surface area contributed by atoms with Gasteiger partial charge in [-0.25, -0.2) is 0 Å². The smallest absolute Gasteiger partial charge is 0.0540 e. The Labute approximate surface area is 162 Å². The fourth-order valence-corrected chi connectivity index (χ4v) is 3.55. The van der Waals surface area contributed by atoms with Crippen LogP contribution in [0.4, 0.5) is 17.1 Å². The van der Waals surface area contributed by atoms with E-state index in [0.29, 0.717) is 0 Å². The lowest BCUT2D eigenvalue weighted by atomic mass is 10.0. The fraction of sp³-hybridized carbons (Fsp3) is 0. The van der Waals surface area contributed by atoms with Crippen LogP contribution >= 0.6 is 15.9 Å². The summed E-state index contributed by atoms with van der Waals surface area (Å²) in [5.74, 6) is 0. The van der Waals surface area contributed by atoms with Crippen LogP contribution in [0.5, 0.6) is 0 Å². The summed E-state index contributed by atoms with van der Waals surface area (Å²) < 4.78 is 1.08. The lowest BCUT2D eigenvalue weighted by Crippen LogP contribution is -2.10. The molecule has 0 saturated heterocycles. The van der Waals surface area contributed by atoms with Gasteiger partial charge in [0.15, 0.2) is 0 Å². The summed E-state index contributed by atoms with van der Waals surface area (Å²) >= 11 is 3.60. The second kappa shape index (κ2) is 7.59. The monoisotopic (exact) mass is 399 g/mol. The van der Waals surface area contributed by atoms with Crippen molar-refractivity contribution >= 4 is 33.0 Å². The molecule has 0 unspecified atom stereocenters. The van der Waals surface area contributed by atoms with E-state index in [9.17, 15) is 0 Å². The third-order valence-corrected chi connectivity index (χ3v) is 4.80. The summed E-state index contributed by atoms with van der Waals surface area (Å²) in [5, 5.41) is 0. The molecule has 0 amide bonds. The highest BCUT2D eigenvalue weighted by Crippen LogP contribution is 2.40. The van der Waals surface area contributed by atoms with Gasteiger partial charge in [-0.2, -0.15) is 0 Å². The van der Waals surface area contributed by atoms with E-state index >= 15 is 0 Å². The highest BCUT2D eigenvalue weighted by Gasteiger charge is 2.16. The van der Waals surface area contributed by atoms with Gasteiger partial charge in [0.1, 0.15) is 0 Å². The van der Waals surface area contributed by atoms with Gasteiger partial charge in [0, 0.05) is 21.4 Å². The second-order valence-electron chi connectivity index (χ2n) is 6.03. The standard InChI is InChI=1S/C24H18BrN/c25-20-11-9-10-19(18-20)23-16-7-8-17-24(23)26(21-12-3-1-4-13-21)22-14-5-2-6-15-22/h1-18H. The van der Waals surface area contributed by atoms with Crippen LogP contribution in [0.2, 0.25) is 0 Å². The molecule has 0 spiro atoms. The average molecular weight is 400 g/mol. The maximum absolute atomic E-state index is 3.60. The average Bonchev–Trinajstić information content (AvgIpc) is 2.70. The van der Waals surface area contributed by atoms with Crippen molar-refractivity contribution in [1.82, 2.24) is 0 Å². The van der Waals surface area contributed by atoms with E-state index in [1.807, 2.05) is 12.1 Å². The minimum Gasteiger partial charge on any atom is -0.310 e. The minimum absolute atomic E-state index is 1.08. The van der Waals surface area contributed by atoms with Crippen LogP contribution in [-0.2, 0) is 0 Å². The van der Waals surface area contributed by atoms with Gasteiger partial charge in [0.05, 0.1) is 5.69 Å². The van der Waals surface area contributed by atoms with Crippen molar-refractivity contribution in [2.24, 2.45) is 0 Å². The Morgan fingerprint density at radius 1 is 0.538 bits per heavy atom. The summed E-state index contributed by atoms with van der Waals surface area (Å²) in [4.78, 5) is 2.30. The van der Waals surface area contributed by atoms with Gasteiger partial charge in [-0.05, 0) is 48.0 Å². The number of hydrogen-bond acceptors (Lipinski definition) is 1. The topological polar surface area (TPSA) is 3.24 Å². The summed E-state index contributed by atoms with van der Waals surface area (Å²) in [6.45, 7) is 0. The molecule has 2 heteroatoms. The molecule has 0 heterocycles. The van der Waals surface area contributed by atoms with Crippen molar-refractivity contribution in [1.29, 1.82) is 0 Å². The summed E-state index contributed by atoms with van der Waals surface area (Å²) in [7, 11) is 0. The van der Waals surface area contributed by atoms with Gasteiger partial charge in [-0.1, -0.05) is 82.7 Å². The maximum Gasteiger partial charge on any atom is 0.0540 e. The highest BCUT2D eigenvalue weighted by molar-refractivity contribution is 9.10. The first kappa shape index (κ1) is 16.6. The van der Waals surface area contributed by atoms with Crippen LogP contribution in [0.3, 0.4) is 0 Å². The number of nitrogens with zero attached hydrogens (tertiary/aromatic N) is 1. The number of rotatable bonds is 4. The molecule has 0 radical (unpaired) electrons. The van der Waals surface area contributed by atoms with Gasteiger partial charge < -0.3 is 4.90 Å². The van der Waals surface area contributed by atoms with Crippen LogP contribution in [-0.4, -0.2) is 0 Å². The van der Waals surface area contributed by atoms with Crippen LogP contribution in [0, 0.1) is 0 Å². The molecule has 4 rings (SSSR count). The predicted molar refractivity (Wildman–Crippen MR) is 114 cm³/mol.